The van der Waals surface area contributed by atoms with Gasteiger partial charge in [-0.05, 0) is 53.6 Å². The number of carbonyl (C=O) groups is 1. The third-order valence-electron chi connectivity index (χ3n) is 5.45. The zero-order valence-electron chi connectivity index (χ0n) is 19.2. The van der Waals surface area contributed by atoms with Gasteiger partial charge in [0.15, 0.2) is 0 Å². The summed E-state index contributed by atoms with van der Waals surface area (Å²) in [7, 11) is 1.64. The van der Waals surface area contributed by atoms with Crippen LogP contribution in [-0.4, -0.2) is 43.1 Å². The van der Waals surface area contributed by atoms with E-state index in [1.165, 1.54) is 4.90 Å². The highest BCUT2D eigenvalue weighted by atomic mass is 32.2. The van der Waals surface area contributed by atoms with Crippen molar-refractivity contribution in [3.05, 3.63) is 95.6 Å². The number of ether oxygens (including phenoxy) is 1. The summed E-state index contributed by atoms with van der Waals surface area (Å²) in [6.45, 7) is 0.958. The molecule has 3 rings (SSSR count). The SMILES string of the molecule is COc1cccc(CNC[C@@H](O)[C@@H](Cc2ccccc2)NC(=O)Cc2ccc(SC)cc2)c1. The normalized spacial score (nSPS) is 12.7. The summed E-state index contributed by atoms with van der Waals surface area (Å²) in [5, 5.41) is 17.3. The largest absolute Gasteiger partial charge is 0.497 e. The van der Waals surface area contributed by atoms with E-state index in [1.54, 1.807) is 18.9 Å². The molecule has 3 aromatic rings. The molecule has 1 amide bonds. The van der Waals surface area contributed by atoms with Crippen molar-refractivity contribution in [2.45, 2.75) is 36.4 Å². The highest BCUT2D eigenvalue weighted by molar-refractivity contribution is 7.98. The molecule has 0 spiro atoms. The van der Waals surface area contributed by atoms with Gasteiger partial charge in [0.2, 0.25) is 5.91 Å². The molecule has 0 saturated heterocycles. The number of amides is 1. The van der Waals surface area contributed by atoms with E-state index in [4.69, 9.17) is 4.74 Å². The zero-order valence-corrected chi connectivity index (χ0v) is 20.0. The summed E-state index contributed by atoms with van der Waals surface area (Å²) in [4.78, 5) is 13.9. The Morgan fingerprint density at radius 2 is 1.70 bits per heavy atom. The van der Waals surface area contributed by atoms with Crippen molar-refractivity contribution in [3.8, 4) is 5.75 Å². The van der Waals surface area contributed by atoms with Gasteiger partial charge < -0.3 is 20.5 Å². The molecule has 0 aromatic heterocycles. The van der Waals surface area contributed by atoms with Crippen LogP contribution < -0.4 is 15.4 Å². The van der Waals surface area contributed by atoms with Crippen molar-refractivity contribution < 1.29 is 14.6 Å². The lowest BCUT2D eigenvalue weighted by Gasteiger charge is -2.25. The fourth-order valence-corrected chi connectivity index (χ4v) is 4.04. The number of aliphatic hydroxyl groups excluding tert-OH is 1. The lowest BCUT2D eigenvalue weighted by Crippen LogP contribution is -2.49. The van der Waals surface area contributed by atoms with Crippen LogP contribution in [-0.2, 0) is 24.2 Å². The molecule has 3 N–H and O–H groups in total. The van der Waals surface area contributed by atoms with Gasteiger partial charge in [-0.2, -0.15) is 0 Å². The fraction of sp³-hybridized carbons (Fsp3) is 0.296. The molecule has 0 bridgehead atoms. The summed E-state index contributed by atoms with van der Waals surface area (Å²) in [6, 6.07) is 25.3. The molecule has 33 heavy (non-hydrogen) atoms. The molecule has 2 atom stereocenters. The lowest BCUT2D eigenvalue weighted by molar-refractivity contribution is -0.122. The van der Waals surface area contributed by atoms with Crippen molar-refractivity contribution in [2.24, 2.45) is 0 Å². The Labute approximate surface area is 200 Å². The van der Waals surface area contributed by atoms with Crippen LogP contribution in [0.15, 0.2) is 83.8 Å². The number of hydrogen-bond donors (Lipinski definition) is 3. The second-order valence-electron chi connectivity index (χ2n) is 7.94. The van der Waals surface area contributed by atoms with Gasteiger partial charge in [-0.25, -0.2) is 0 Å². The standard InChI is InChI=1S/C27H32N2O3S/c1-32-23-10-6-9-22(15-23)18-28-19-26(30)25(16-20-7-4-3-5-8-20)29-27(31)17-21-11-13-24(33-2)14-12-21/h3-15,25-26,28,30H,16-19H2,1-2H3,(H,29,31)/t25-,26-/m1/s1. The van der Waals surface area contributed by atoms with Gasteiger partial charge in [0.05, 0.1) is 25.7 Å². The smallest absolute Gasteiger partial charge is 0.224 e. The van der Waals surface area contributed by atoms with Gasteiger partial charge in [-0.1, -0.05) is 54.6 Å². The van der Waals surface area contributed by atoms with Crippen LogP contribution in [0.5, 0.6) is 5.75 Å². The molecule has 0 saturated carbocycles. The van der Waals surface area contributed by atoms with E-state index in [2.05, 4.69) is 10.6 Å². The highest BCUT2D eigenvalue weighted by Gasteiger charge is 2.22. The first-order chi connectivity index (χ1) is 16.1. The summed E-state index contributed by atoms with van der Waals surface area (Å²) >= 11 is 1.67. The predicted octanol–water partition coefficient (Wildman–Crippen LogP) is 3.84. The monoisotopic (exact) mass is 464 g/mol. The van der Waals surface area contributed by atoms with Crippen LogP contribution in [0.25, 0.3) is 0 Å². The molecule has 0 unspecified atom stereocenters. The molecule has 174 valence electrons. The Balaban J connectivity index is 1.60. The van der Waals surface area contributed by atoms with E-state index in [1.807, 2.05) is 85.1 Å². The number of aliphatic hydroxyl groups is 1. The molecule has 0 fully saturated rings. The van der Waals surface area contributed by atoms with E-state index < -0.39 is 12.1 Å². The van der Waals surface area contributed by atoms with Crippen molar-refractivity contribution in [1.29, 1.82) is 0 Å². The molecule has 0 heterocycles. The average molecular weight is 465 g/mol. The first-order valence-corrected chi connectivity index (χ1v) is 12.3. The Kier molecular flexibility index (Phi) is 9.81. The van der Waals surface area contributed by atoms with Gasteiger partial charge in [-0.15, -0.1) is 11.8 Å². The summed E-state index contributed by atoms with van der Waals surface area (Å²) in [5.74, 6) is 0.703. The number of methoxy groups -OCH3 is 1. The first-order valence-electron chi connectivity index (χ1n) is 11.1. The molecule has 0 aliphatic rings. The van der Waals surface area contributed by atoms with Crippen LogP contribution in [0.2, 0.25) is 0 Å². The van der Waals surface area contributed by atoms with Crippen molar-refractivity contribution in [3.63, 3.8) is 0 Å². The number of benzene rings is 3. The number of thioether (sulfide) groups is 1. The average Bonchev–Trinajstić information content (AvgIpc) is 2.85. The third kappa shape index (κ3) is 8.24. The van der Waals surface area contributed by atoms with Crippen molar-refractivity contribution in [1.82, 2.24) is 10.6 Å². The Morgan fingerprint density at radius 3 is 2.39 bits per heavy atom. The maximum Gasteiger partial charge on any atom is 0.224 e. The second-order valence-corrected chi connectivity index (χ2v) is 8.82. The summed E-state index contributed by atoms with van der Waals surface area (Å²) < 4.78 is 5.27. The number of nitrogens with one attached hydrogen (secondary N) is 2. The minimum atomic E-state index is -0.737. The van der Waals surface area contributed by atoms with Crippen LogP contribution >= 0.6 is 11.8 Å². The van der Waals surface area contributed by atoms with Gasteiger partial charge in [0.25, 0.3) is 0 Å². The maximum absolute atomic E-state index is 12.8. The molecule has 5 nitrogen and oxygen atoms in total. The Hall–Kier alpha value is -2.80. The van der Waals surface area contributed by atoms with Crippen LogP contribution in [0.1, 0.15) is 16.7 Å². The fourth-order valence-electron chi connectivity index (χ4n) is 3.63. The molecule has 0 radical (unpaired) electrons. The Bertz CT molecular complexity index is 996. The zero-order chi connectivity index (χ0) is 23.5. The quantitative estimate of drug-likeness (QED) is 0.355. The third-order valence-corrected chi connectivity index (χ3v) is 6.19. The predicted molar refractivity (Wildman–Crippen MR) is 135 cm³/mol. The van der Waals surface area contributed by atoms with Crippen LogP contribution in [0.3, 0.4) is 0 Å². The van der Waals surface area contributed by atoms with Crippen LogP contribution in [0.4, 0.5) is 0 Å². The summed E-state index contributed by atoms with van der Waals surface area (Å²) in [5.41, 5.74) is 3.09. The van der Waals surface area contributed by atoms with E-state index in [9.17, 15) is 9.90 Å². The van der Waals surface area contributed by atoms with Gasteiger partial charge in [0, 0.05) is 18.0 Å². The summed E-state index contributed by atoms with van der Waals surface area (Å²) in [6.07, 6.45) is 2.13. The van der Waals surface area contributed by atoms with Gasteiger partial charge >= 0.3 is 0 Å². The molecular formula is C27H32N2O3S. The topological polar surface area (TPSA) is 70.6 Å². The number of rotatable bonds is 12. The van der Waals surface area contributed by atoms with Gasteiger partial charge in [-0.3, -0.25) is 4.79 Å². The molecule has 0 aliphatic carbocycles. The Morgan fingerprint density at radius 1 is 0.970 bits per heavy atom. The minimum Gasteiger partial charge on any atom is -0.497 e. The van der Waals surface area contributed by atoms with E-state index in [-0.39, 0.29) is 12.3 Å². The van der Waals surface area contributed by atoms with Crippen molar-refractivity contribution in [2.75, 3.05) is 19.9 Å². The number of carbonyl (C=O) groups excluding carboxylic acids is 1. The highest BCUT2D eigenvalue weighted by Crippen LogP contribution is 2.16. The van der Waals surface area contributed by atoms with E-state index in [0.29, 0.717) is 19.5 Å². The van der Waals surface area contributed by atoms with E-state index >= 15 is 0 Å². The number of hydrogen-bond acceptors (Lipinski definition) is 5. The molecule has 3 aromatic carbocycles. The second kappa shape index (κ2) is 13.0. The van der Waals surface area contributed by atoms with Gasteiger partial charge in [0.1, 0.15) is 5.75 Å². The maximum atomic E-state index is 12.8. The first kappa shape index (κ1) is 24.8. The van der Waals surface area contributed by atoms with Crippen LogP contribution in [0, 0.1) is 0 Å². The lowest BCUT2D eigenvalue weighted by atomic mass is 10.0. The molecular weight excluding hydrogens is 432 g/mol. The van der Waals surface area contributed by atoms with E-state index in [0.717, 1.165) is 22.4 Å². The minimum absolute atomic E-state index is 0.0975. The van der Waals surface area contributed by atoms with Crippen molar-refractivity contribution >= 4 is 17.7 Å². The molecule has 6 heteroatoms. The molecule has 0 aliphatic heterocycles.